The molecule has 1 aromatic carbocycles. The Bertz CT molecular complexity index is 481. The van der Waals surface area contributed by atoms with E-state index in [1.165, 1.54) is 12.1 Å². The van der Waals surface area contributed by atoms with Gasteiger partial charge in [0.05, 0.1) is 14.2 Å². The minimum absolute atomic E-state index is 0.366. The van der Waals surface area contributed by atoms with Crippen molar-refractivity contribution in [2.75, 3.05) is 26.1 Å². The molecule has 3 N–H and O–H groups in total. The lowest BCUT2D eigenvalue weighted by Gasteiger charge is -2.19. The maximum atomic E-state index is 11.8. The summed E-state index contributed by atoms with van der Waals surface area (Å²) in [5.41, 5.74) is 0.564. The third-order valence-corrected chi connectivity index (χ3v) is 3.11. The fourth-order valence-electron chi connectivity index (χ4n) is 2.07. The van der Waals surface area contributed by atoms with E-state index in [9.17, 15) is 4.79 Å². The summed E-state index contributed by atoms with van der Waals surface area (Å²) in [6.07, 6.45) is 0.760. The van der Waals surface area contributed by atoms with E-state index in [0.717, 1.165) is 19.4 Å². The first kappa shape index (κ1) is 14.4. The van der Waals surface area contributed by atoms with Crippen LogP contribution in [0, 0.1) is 0 Å². The van der Waals surface area contributed by atoms with E-state index in [2.05, 4.69) is 5.32 Å². The molecule has 0 radical (unpaired) electrons. The van der Waals surface area contributed by atoms with E-state index >= 15 is 0 Å². The molecule has 0 aromatic heterocycles. The zero-order valence-corrected chi connectivity index (χ0v) is 11.6. The molecule has 7 heteroatoms. The lowest BCUT2D eigenvalue weighted by atomic mass is 10.3. The molecule has 1 amide bonds. The molecular formula is C13H19N3O4. The second kappa shape index (κ2) is 6.44. The van der Waals surface area contributed by atoms with E-state index in [4.69, 9.17) is 20.1 Å². The van der Waals surface area contributed by atoms with E-state index in [1.54, 1.807) is 25.3 Å². The van der Waals surface area contributed by atoms with Crippen LogP contribution in [0.2, 0.25) is 0 Å². The number of hydrogen-bond acceptors (Lipinski definition) is 6. The van der Waals surface area contributed by atoms with Crippen molar-refractivity contribution in [1.82, 2.24) is 5.01 Å². The van der Waals surface area contributed by atoms with E-state index in [-0.39, 0.29) is 6.23 Å². The third-order valence-electron chi connectivity index (χ3n) is 3.11. The normalized spacial score (nSPS) is 18.6. The second-order valence-electron chi connectivity index (χ2n) is 4.43. The highest BCUT2D eigenvalue weighted by molar-refractivity contribution is 5.85. The molecule has 0 aliphatic carbocycles. The summed E-state index contributed by atoms with van der Waals surface area (Å²) < 4.78 is 15.5. The number of rotatable bonds is 4. The topological polar surface area (TPSA) is 86.1 Å². The maximum absolute atomic E-state index is 11.8. The van der Waals surface area contributed by atoms with Crippen LogP contribution in [0.5, 0.6) is 11.5 Å². The van der Waals surface area contributed by atoms with Crippen LogP contribution in [0.25, 0.3) is 0 Å². The number of nitrogens with one attached hydrogen (secondary N) is 1. The Labute approximate surface area is 117 Å². The summed E-state index contributed by atoms with van der Waals surface area (Å²) in [7, 11) is 3.08. The minimum atomic E-state index is -0.542. The highest BCUT2D eigenvalue weighted by atomic mass is 16.6. The van der Waals surface area contributed by atoms with Crippen LogP contribution in [0.1, 0.15) is 12.8 Å². The van der Waals surface area contributed by atoms with Gasteiger partial charge in [-0.3, -0.25) is 11.2 Å². The Morgan fingerprint density at radius 1 is 1.35 bits per heavy atom. The average Bonchev–Trinajstić information content (AvgIpc) is 2.84. The highest BCUT2D eigenvalue weighted by Crippen LogP contribution is 2.29. The van der Waals surface area contributed by atoms with Gasteiger partial charge in [0.15, 0.2) is 17.7 Å². The molecule has 0 saturated carbocycles. The Morgan fingerprint density at radius 3 is 2.70 bits per heavy atom. The monoisotopic (exact) mass is 281 g/mol. The van der Waals surface area contributed by atoms with E-state index < -0.39 is 6.09 Å². The molecule has 1 aliphatic rings. The van der Waals surface area contributed by atoms with Crippen LogP contribution in [0.15, 0.2) is 18.2 Å². The quantitative estimate of drug-likeness (QED) is 0.814. The average molecular weight is 281 g/mol. The van der Waals surface area contributed by atoms with Crippen molar-refractivity contribution in [2.24, 2.45) is 5.84 Å². The number of amides is 1. The molecule has 1 atom stereocenters. The fraction of sp³-hybridized carbons (Fsp3) is 0.462. The van der Waals surface area contributed by atoms with Gasteiger partial charge in [-0.25, -0.2) is 9.80 Å². The van der Waals surface area contributed by atoms with Crippen molar-refractivity contribution < 1.29 is 19.0 Å². The molecule has 1 heterocycles. The number of nitrogens with zero attached hydrogens (tertiary/aromatic N) is 1. The number of hydrazine groups is 1. The van der Waals surface area contributed by atoms with Crippen molar-refractivity contribution in [3.8, 4) is 11.5 Å². The van der Waals surface area contributed by atoms with Gasteiger partial charge in [-0.2, -0.15) is 0 Å². The Balaban J connectivity index is 1.97. The first-order chi connectivity index (χ1) is 9.63. The van der Waals surface area contributed by atoms with Crippen LogP contribution < -0.4 is 20.6 Å². The minimum Gasteiger partial charge on any atom is -0.493 e. The Hall–Kier alpha value is -1.99. The predicted octanol–water partition coefficient (Wildman–Crippen LogP) is 1.55. The molecule has 1 unspecified atom stereocenters. The van der Waals surface area contributed by atoms with Gasteiger partial charge in [-0.1, -0.05) is 0 Å². The van der Waals surface area contributed by atoms with Gasteiger partial charge in [0, 0.05) is 24.7 Å². The van der Waals surface area contributed by atoms with Gasteiger partial charge < -0.3 is 14.2 Å². The van der Waals surface area contributed by atoms with Crippen molar-refractivity contribution in [3.63, 3.8) is 0 Å². The van der Waals surface area contributed by atoms with Crippen LogP contribution in [0.4, 0.5) is 10.5 Å². The van der Waals surface area contributed by atoms with Crippen LogP contribution in [0.3, 0.4) is 0 Å². The van der Waals surface area contributed by atoms with Crippen molar-refractivity contribution in [3.05, 3.63) is 18.2 Å². The zero-order chi connectivity index (χ0) is 14.5. The third kappa shape index (κ3) is 3.31. The lowest BCUT2D eigenvalue weighted by molar-refractivity contribution is 0.0203. The SMILES string of the molecule is COc1ccc(NC(=O)OC2CCCN2N)cc1OC. The highest BCUT2D eigenvalue weighted by Gasteiger charge is 2.25. The van der Waals surface area contributed by atoms with Crippen molar-refractivity contribution in [1.29, 1.82) is 0 Å². The van der Waals surface area contributed by atoms with Gasteiger partial charge in [0.25, 0.3) is 0 Å². The van der Waals surface area contributed by atoms with Gasteiger partial charge in [0.1, 0.15) is 0 Å². The van der Waals surface area contributed by atoms with Crippen LogP contribution >= 0.6 is 0 Å². The molecule has 1 fully saturated rings. The van der Waals surface area contributed by atoms with E-state index in [1.807, 2.05) is 0 Å². The standard InChI is InChI=1S/C13H19N3O4/c1-18-10-6-5-9(8-11(10)19-2)15-13(17)20-12-4-3-7-16(12)14/h5-6,8,12H,3-4,7,14H2,1-2H3,(H,15,17). The molecule has 110 valence electrons. The van der Waals surface area contributed by atoms with Crippen LogP contribution in [-0.4, -0.2) is 38.1 Å². The Morgan fingerprint density at radius 2 is 2.10 bits per heavy atom. The first-order valence-corrected chi connectivity index (χ1v) is 6.35. The number of ether oxygens (including phenoxy) is 3. The summed E-state index contributed by atoms with van der Waals surface area (Å²) in [4.78, 5) is 11.8. The number of benzene rings is 1. The molecule has 0 bridgehead atoms. The molecule has 0 spiro atoms. The molecule has 1 saturated heterocycles. The van der Waals surface area contributed by atoms with Gasteiger partial charge >= 0.3 is 6.09 Å². The van der Waals surface area contributed by atoms with Crippen molar-refractivity contribution >= 4 is 11.8 Å². The van der Waals surface area contributed by atoms with Gasteiger partial charge in [0.2, 0.25) is 0 Å². The predicted molar refractivity (Wildman–Crippen MR) is 73.6 cm³/mol. The Kier molecular flexibility index (Phi) is 4.65. The molecule has 7 nitrogen and oxygen atoms in total. The van der Waals surface area contributed by atoms with Gasteiger partial charge in [-0.15, -0.1) is 0 Å². The lowest BCUT2D eigenvalue weighted by Crippen LogP contribution is -2.39. The summed E-state index contributed by atoms with van der Waals surface area (Å²) in [5, 5.41) is 4.16. The maximum Gasteiger partial charge on any atom is 0.413 e. The van der Waals surface area contributed by atoms with Gasteiger partial charge in [-0.05, 0) is 18.6 Å². The zero-order valence-electron chi connectivity index (χ0n) is 11.6. The van der Waals surface area contributed by atoms with Crippen LogP contribution in [-0.2, 0) is 4.74 Å². The molecule has 20 heavy (non-hydrogen) atoms. The summed E-state index contributed by atoms with van der Waals surface area (Å²) in [6.45, 7) is 0.730. The molecular weight excluding hydrogens is 262 g/mol. The molecule has 1 aromatic rings. The number of hydrogen-bond donors (Lipinski definition) is 2. The summed E-state index contributed by atoms with van der Waals surface area (Å²) >= 11 is 0. The van der Waals surface area contributed by atoms with E-state index in [0.29, 0.717) is 17.2 Å². The number of methoxy groups -OCH3 is 2. The molecule has 2 rings (SSSR count). The fourth-order valence-corrected chi connectivity index (χ4v) is 2.07. The number of carbonyl (C=O) groups excluding carboxylic acids is 1. The van der Waals surface area contributed by atoms with Crippen molar-refractivity contribution in [2.45, 2.75) is 19.1 Å². The number of anilines is 1. The second-order valence-corrected chi connectivity index (χ2v) is 4.43. The molecule has 1 aliphatic heterocycles. The summed E-state index contributed by atoms with van der Waals surface area (Å²) in [6, 6.07) is 5.08. The first-order valence-electron chi connectivity index (χ1n) is 6.35. The number of carbonyl (C=O) groups is 1. The largest absolute Gasteiger partial charge is 0.493 e. The summed E-state index contributed by atoms with van der Waals surface area (Å²) in [5.74, 6) is 6.82. The smallest absolute Gasteiger partial charge is 0.413 e. The number of nitrogens with two attached hydrogens (primary N) is 1.